The number of hydrogen-bond donors (Lipinski definition) is 2. The fraction of sp³-hybridized carbons (Fsp3) is 0.609. The van der Waals surface area contributed by atoms with Crippen LogP contribution in [-0.2, 0) is 16.0 Å². The van der Waals surface area contributed by atoms with Crippen molar-refractivity contribution in [1.29, 1.82) is 0 Å². The number of halogens is 1. The number of urea groups is 1. The molecule has 2 fully saturated rings. The number of piperazine rings is 1. The molecule has 1 saturated heterocycles. The first-order chi connectivity index (χ1) is 15.0. The van der Waals surface area contributed by atoms with Crippen LogP contribution in [0.15, 0.2) is 24.3 Å². The van der Waals surface area contributed by atoms with E-state index in [0.29, 0.717) is 57.0 Å². The van der Waals surface area contributed by atoms with E-state index in [0.717, 1.165) is 18.4 Å². The zero-order chi connectivity index (χ0) is 22.1. The van der Waals surface area contributed by atoms with Crippen molar-refractivity contribution in [2.75, 3.05) is 32.7 Å². The van der Waals surface area contributed by atoms with Crippen molar-refractivity contribution in [3.05, 3.63) is 34.9 Å². The Bertz CT molecular complexity index is 742. The van der Waals surface area contributed by atoms with Crippen molar-refractivity contribution in [3.8, 4) is 0 Å². The van der Waals surface area contributed by atoms with E-state index in [1.165, 1.54) is 19.3 Å². The highest BCUT2D eigenvalue weighted by molar-refractivity contribution is 6.30. The van der Waals surface area contributed by atoms with Gasteiger partial charge in [0.1, 0.15) is 0 Å². The van der Waals surface area contributed by atoms with Crippen LogP contribution in [0, 0.1) is 0 Å². The molecule has 1 aromatic rings. The normalized spacial score (nSPS) is 17.3. The molecule has 1 heterocycles. The fourth-order valence-corrected chi connectivity index (χ4v) is 4.30. The van der Waals surface area contributed by atoms with Crippen LogP contribution in [0.4, 0.5) is 4.79 Å². The van der Waals surface area contributed by atoms with Crippen LogP contribution in [0.2, 0.25) is 5.02 Å². The standard InChI is InChI=1S/C23H33ClN4O3/c24-19-10-8-18(9-11-19)17-22(30)28-15-13-27(14-16-28)21(29)7-4-12-25-23(31)26-20-5-2-1-3-6-20/h8-11,20H,1-7,12-17H2,(H2,25,26,31). The third kappa shape index (κ3) is 7.73. The second kappa shape index (κ2) is 11.9. The van der Waals surface area contributed by atoms with Gasteiger partial charge in [-0.1, -0.05) is 43.0 Å². The van der Waals surface area contributed by atoms with E-state index in [4.69, 9.17) is 11.6 Å². The van der Waals surface area contributed by atoms with Crippen molar-refractivity contribution in [3.63, 3.8) is 0 Å². The zero-order valence-electron chi connectivity index (χ0n) is 18.1. The Balaban J connectivity index is 1.28. The van der Waals surface area contributed by atoms with Crippen LogP contribution in [-0.4, -0.2) is 66.4 Å². The van der Waals surface area contributed by atoms with Gasteiger partial charge in [-0.3, -0.25) is 9.59 Å². The van der Waals surface area contributed by atoms with Gasteiger partial charge in [-0.25, -0.2) is 4.79 Å². The number of hydrogen-bond acceptors (Lipinski definition) is 3. The number of rotatable bonds is 7. The Morgan fingerprint density at radius 3 is 2.16 bits per heavy atom. The Morgan fingerprint density at radius 2 is 1.52 bits per heavy atom. The summed E-state index contributed by atoms with van der Waals surface area (Å²) in [7, 11) is 0. The Kier molecular flexibility index (Phi) is 9.00. The number of nitrogens with zero attached hydrogens (tertiary/aromatic N) is 2. The highest BCUT2D eigenvalue weighted by Crippen LogP contribution is 2.17. The van der Waals surface area contributed by atoms with Crippen LogP contribution in [0.5, 0.6) is 0 Å². The summed E-state index contributed by atoms with van der Waals surface area (Å²) in [5, 5.41) is 6.53. The first kappa shape index (κ1) is 23.4. The summed E-state index contributed by atoms with van der Waals surface area (Å²) < 4.78 is 0. The van der Waals surface area contributed by atoms with Gasteiger partial charge in [-0.15, -0.1) is 0 Å². The lowest BCUT2D eigenvalue weighted by Crippen LogP contribution is -2.51. The maximum absolute atomic E-state index is 12.5. The van der Waals surface area contributed by atoms with Gasteiger partial charge in [0.25, 0.3) is 0 Å². The van der Waals surface area contributed by atoms with Gasteiger partial charge in [0.15, 0.2) is 0 Å². The molecule has 3 rings (SSSR count). The van der Waals surface area contributed by atoms with E-state index in [2.05, 4.69) is 10.6 Å². The summed E-state index contributed by atoms with van der Waals surface area (Å²) >= 11 is 5.89. The third-order valence-corrected chi connectivity index (χ3v) is 6.30. The molecule has 8 heteroatoms. The van der Waals surface area contributed by atoms with Crippen molar-refractivity contribution < 1.29 is 14.4 Å². The Labute approximate surface area is 189 Å². The second-order valence-electron chi connectivity index (χ2n) is 8.40. The lowest BCUT2D eigenvalue weighted by atomic mass is 9.96. The fourth-order valence-electron chi connectivity index (χ4n) is 4.18. The van der Waals surface area contributed by atoms with E-state index in [1.54, 1.807) is 12.1 Å². The summed E-state index contributed by atoms with van der Waals surface area (Å²) in [4.78, 5) is 40.5. The third-order valence-electron chi connectivity index (χ3n) is 6.05. The van der Waals surface area contributed by atoms with Crippen molar-refractivity contribution in [2.45, 2.75) is 57.4 Å². The topological polar surface area (TPSA) is 81.8 Å². The minimum absolute atomic E-state index is 0.0719. The molecule has 1 aromatic carbocycles. The van der Waals surface area contributed by atoms with Gasteiger partial charge >= 0.3 is 6.03 Å². The molecule has 0 radical (unpaired) electrons. The van der Waals surface area contributed by atoms with Gasteiger partial charge in [-0.2, -0.15) is 0 Å². The Morgan fingerprint density at radius 1 is 0.903 bits per heavy atom. The second-order valence-corrected chi connectivity index (χ2v) is 8.84. The molecule has 7 nitrogen and oxygen atoms in total. The maximum atomic E-state index is 12.5. The molecule has 2 aliphatic rings. The van der Waals surface area contributed by atoms with E-state index in [1.807, 2.05) is 21.9 Å². The zero-order valence-corrected chi connectivity index (χ0v) is 18.8. The van der Waals surface area contributed by atoms with E-state index < -0.39 is 0 Å². The highest BCUT2D eigenvalue weighted by atomic mass is 35.5. The Hall–Kier alpha value is -2.28. The predicted octanol–water partition coefficient (Wildman–Crippen LogP) is 2.97. The molecule has 0 spiro atoms. The van der Waals surface area contributed by atoms with Crippen LogP contribution in [0.25, 0.3) is 0 Å². The molecule has 1 aliphatic heterocycles. The van der Waals surface area contributed by atoms with Gasteiger partial charge in [0.2, 0.25) is 11.8 Å². The molecule has 170 valence electrons. The average molecular weight is 449 g/mol. The maximum Gasteiger partial charge on any atom is 0.315 e. The molecular weight excluding hydrogens is 416 g/mol. The van der Waals surface area contributed by atoms with Gasteiger partial charge in [-0.05, 0) is 37.0 Å². The van der Waals surface area contributed by atoms with Crippen LogP contribution >= 0.6 is 11.6 Å². The smallest absolute Gasteiger partial charge is 0.315 e. The number of carbonyl (C=O) groups is 3. The predicted molar refractivity (Wildman–Crippen MR) is 121 cm³/mol. The molecule has 2 N–H and O–H groups in total. The van der Waals surface area contributed by atoms with Gasteiger partial charge in [0, 0.05) is 50.2 Å². The molecule has 4 amide bonds. The van der Waals surface area contributed by atoms with Crippen LogP contribution in [0.3, 0.4) is 0 Å². The molecule has 0 bridgehead atoms. The van der Waals surface area contributed by atoms with E-state index >= 15 is 0 Å². The summed E-state index contributed by atoms with van der Waals surface area (Å²) in [5.41, 5.74) is 0.938. The average Bonchev–Trinajstić information content (AvgIpc) is 2.79. The number of amides is 4. The van der Waals surface area contributed by atoms with Crippen LogP contribution < -0.4 is 10.6 Å². The SMILES string of the molecule is O=C(NCCCC(=O)N1CCN(C(=O)Cc2ccc(Cl)cc2)CC1)NC1CCCCC1. The summed E-state index contributed by atoms with van der Waals surface area (Å²) in [6, 6.07) is 7.46. The summed E-state index contributed by atoms with van der Waals surface area (Å²) in [5.74, 6) is 0.155. The van der Waals surface area contributed by atoms with Crippen LogP contribution in [0.1, 0.15) is 50.5 Å². The molecule has 0 atom stereocenters. The highest BCUT2D eigenvalue weighted by Gasteiger charge is 2.24. The van der Waals surface area contributed by atoms with Crippen molar-refractivity contribution >= 4 is 29.4 Å². The minimum atomic E-state index is -0.132. The largest absolute Gasteiger partial charge is 0.339 e. The lowest BCUT2D eigenvalue weighted by Gasteiger charge is -2.35. The van der Waals surface area contributed by atoms with Gasteiger partial charge < -0.3 is 20.4 Å². The van der Waals surface area contributed by atoms with Crippen molar-refractivity contribution in [2.24, 2.45) is 0 Å². The van der Waals surface area contributed by atoms with Gasteiger partial charge in [0.05, 0.1) is 6.42 Å². The molecule has 0 unspecified atom stereocenters. The number of carbonyl (C=O) groups excluding carboxylic acids is 3. The quantitative estimate of drug-likeness (QED) is 0.629. The van der Waals surface area contributed by atoms with E-state index in [-0.39, 0.29) is 23.9 Å². The number of benzene rings is 1. The number of nitrogens with one attached hydrogen (secondary N) is 2. The minimum Gasteiger partial charge on any atom is -0.339 e. The molecular formula is C23H33ClN4O3. The monoisotopic (exact) mass is 448 g/mol. The van der Waals surface area contributed by atoms with E-state index in [9.17, 15) is 14.4 Å². The molecule has 31 heavy (non-hydrogen) atoms. The first-order valence-corrected chi connectivity index (χ1v) is 11.7. The molecule has 1 aliphatic carbocycles. The lowest BCUT2D eigenvalue weighted by molar-refractivity contribution is -0.139. The summed E-state index contributed by atoms with van der Waals surface area (Å²) in [6.07, 6.45) is 7.10. The molecule has 0 aromatic heterocycles. The molecule has 1 saturated carbocycles. The first-order valence-electron chi connectivity index (χ1n) is 11.4. The summed E-state index contributed by atoms with van der Waals surface area (Å²) in [6.45, 7) is 2.71. The van der Waals surface area contributed by atoms with Crippen molar-refractivity contribution in [1.82, 2.24) is 20.4 Å².